The van der Waals surface area contributed by atoms with Crippen LogP contribution in [0.4, 0.5) is 10.1 Å². The number of hydrogen-bond donors (Lipinski definition) is 3. The van der Waals surface area contributed by atoms with Crippen molar-refractivity contribution in [1.29, 1.82) is 0 Å². The van der Waals surface area contributed by atoms with E-state index in [0.717, 1.165) is 30.1 Å². The van der Waals surface area contributed by atoms with Gasteiger partial charge in [-0.2, -0.15) is 0 Å². The number of hydrogen-bond acceptors (Lipinski definition) is 7. The molecule has 2 aromatic heterocycles. The molecule has 1 aromatic carbocycles. The Kier molecular flexibility index (Phi) is 4.23. The Bertz CT molecular complexity index is 1270. The summed E-state index contributed by atoms with van der Waals surface area (Å²) in [6.07, 6.45) is 3.71. The monoisotopic (exact) mass is 417 g/mol. The third kappa shape index (κ3) is 2.78. The number of benzene rings is 1. The van der Waals surface area contributed by atoms with E-state index in [-0.39, 0.29) is 22.7 Å². The van der Waals surface area contributed by atoms with Gasteiger partial charge < -0.3 is 15.2 Å². The van der Waals surface area contributed by atoms with Gasteiger partial charge in [0.2, 0.25) is 5.43 Å². The minimum Gasteiger partial charge on any atom is -0.343 e. The van der Waals surface area contributed by atoms with Crippen molar-refractivity contribution in [2.75, 3.05) is 25.1 Å². The molecule has 0 bridgehead atoms. The van der Waals surface area contributed by atoms with Crippen molar-refractivity contribution in [2.24, 2.45) is 11.7 Å². The van der Waals surface area contributed by atoms with Gasteiger partial charge in [-0.25, -0.2) is 4.39 Å². The molecule has 1 atom stereocenters. The van der Waals surface area contributed by atoms with Crippen LogP contribution in [-0.2, 0) is 4.84 Å². The van der Waals surface area contributed by atoms with Gasteiger partial charge in [-0.1, -0.05) is 0 Å². The first-order chi connectivity index (χ1) is 14.0. The second-order valence-electron chi connectivity index (χ2n) is 7.44. The molecule has 0 amide bonds. The maximum absolute atomic E-state index is 15.1. The minimum atomic E-state index is -0.520. The maximum atomic E-state index is 15.1. The molecule has 29 heavy (non-hydrogen) atoms. The molecule has 8 nitrogen and oxygen atoms in total. The van der Waals surface area contributed by atoms with Crippen LogP contribution in [0.15, 0.2) is 33.6 Å². The molecule has 1 unspecified atom stereocenters. The lowest BCUT2D eigenvalue weighted by Crippen LogP contribution is -2.27. The molecule has 0 radical (unpaired) electrons. The molecule has 3 aromatic rings. The molecule has 5 rings (SSSR count). The lowest BCUT2D eigenvalue weighted by molar-refractivity contribution is 0.110. The summed E-state index contributed by atoms with van der Waals surface area (Å²) in [6, 6.07) is 3.16. The van der Waals surface area contributed by atoms with E-state index >= 15 is 4.39 Å². The molecule has 1 fully saturated rings. The van der Waals surface area contributed by atoms with E-state index in [4.69, 9.17) is 10.6 Å². The van der Waals surface area contributed by atoms with E-state index in [9.17, 15) is 9.59 Å². The van der Waals surface area contributed by atoms with Crippen molar-refractivity contribution in [3.63, 3.8) is 0 Å². The van der Waals surface area contributed by atoms with Crippen molar-refractivity contribution in [3.05, 3.63) is 50.4 Å². The summed E-state index contributed by atoms with van der Waals surface area (Å²) >= 11 is 1.15. The van der Waals surface area contributed by atoms with Crippen molar-refractivity contribution in [1.82, 2.24) is 14.4 Å². The number of anilines is 1. The van der Waals surface area contributed by atoms with Crippen LogP contribution in [-0.4, -0.2) is 29.1 Å². The SMILES string of the molecule is CONC1=CN(c2cc3c(cc2F)c(=O)c2c(=O)[nH]sc2n3C2CC2)CC1CN. The predicted molar refractivity (Wildman–Crippen MR) is 111 cm³/mol. The maximum Gasteiger partial charge on any atom is 0.271 e. The van der Waals surface area contributed by atoms with Crippen molar-refractivity contribution >= 4 is 38.3 Å². The molecule has 1 aliphatic carbocycles. The Labute approximate surface area is 168 Å². The average Bonchev–Trinajstić information content (AvgIpc) is 3.35. The van der Waals surface area contributed by atoms with E-state index in [1.165, 1.54) is 13.2 Å². The Morgan fingerprint density at radius 3 is 2.86 bits per heavy atom. The molecule has 1 saturated carbocycles. The van der Waals surface area contributed by atoms with Crippen LogP contribution in [0.5, 0.6) is 0 Å². The number of aromatic amines is 1. The summed E-state index contributed by atoms with van der Waals surface area (Å²) in [6.45, 7) is 0.886. The Hall–Kier alpha value is -2.69. The van der Waals surface area contributed by atoms with Crippen LogP contribution < -0.4 is 27.1 Å². The second-order valence-corrected chi connectivity index (χ2v) is 8.24. The van der Waals surface area contributed by atoms with Gasteiger partial charge in [-0.3, -0.25) is 24.3 Å². The Morgan fingerprint density at radius 2 is 2.17 bits per heavy atom. The third-order valence-electron chi connectivity index (χ3n) is 5.57. The summed E-state index contributed by atoms with van der Waals surface area (Å²) < 4.78 is 19.7. The van der Waals surface area contributed by atoms with Crippen LogP contribution in [0.2, 0.25) is 0 Å². The van der Waals surface area contributed by atoms with Crippen LogP contribution in [0.1, 0.15) is 18.9 Å². The molecule has 2 aliphatic rings. The standard InChI is InChI=1S/C19H20FN5O3S/c1-28-22-13-8-24(7-9(13)6-21)15-5-14-11(4-12(15)20)17(26)16-18(27)23-29-19(16)25(14)10-2-3-10/h4-5,8-10,22H,2-3,6-7,21H2,1H3,(H,23,27). The van der Waals surface area contributed by atoms with E-state index in [2.05, 4.69) is 9.85 Å². The lowest BCUT2D eigenvalue weighted by atomic mass is 10.1. The molecule has 0 saturated heterocycles. The molecule has 152 valence electrons. The molecular weight excluding hydrogens is 397 g/mol. The number of halogens is 1. The highest BCUT2D eigenvalue weighted by molar-refractivity contribution is 7.12. The summed E-state index contributed by atoms with van der Waals surface area (Å²) in [7, 11) is 1.51. The number of nitrogens with two attached hydrogens (primary N) is 1. The topological polar surface area (TPSA) is 105 Å². The smallest absolute Gasteiger partial charge is 0.271 e. The zero-order valence-electron chi connectivity index (χ0n) is 15.7. The highest BCUT2D eigenvalue weighted by atomic mass is 32.1. The number of nitrogens with one attached hydrogen (secondary N) is 2. The summed E-state index contributed by atoms with van der Waals surface area (Å²) in [5.74, 6) is -0.540. The first-order valence-corrected chi connectivity index (χ1v) is 10.2. The summed E-state index contributed by atoms with van der Waals surface area (Å²) in [5.41, 5.74) is 9.57. The fraction of sp³-hybridized carbons (Fsp3) is 0.368. The fourth-order valence-electron chi connectivity index (χ4n) is 4.01. The number of rotatable bonds is 5. The zero-order chi connectivity index (χ0) is 20.3. The molecule has 10 heteroatoms. The van der Waals surface area contributed by atoms with E-state index in [1.807, 2.05) is 4.57 Å². The van der Waals surface area contributed by atoms with Gasteiger partial charge in [0.05, 0.1) is 24.0 Å². The van der Waals surface area contributed by atoms with Crippen molar-refractivity contribution in [3.8, 4) is 0 Å². The number of hydroxylamine groups is 1. The number of nitrogens with zero attached hydrogens (tertiary/aromatic N) is 2. The second kappa shape index (κ2) is 6.68. The predicted octanol–water partition coefficient (Wildman–Crippen LogP) is 1.77. The largest absolute Gasteiger partial charge is 0.343 e. The average molecular weight is 417 g/mol. The lowest BCUT2D eigenvalue weighted by Gasteiger charge is -2.20. The minimum absolute atomic E-state index is 0.0203. The molecule has 1 aliphatic heterocycles. The van der Waals surface area contributed by atoms with Crippen LogP contribution in [0, 0.1) is 11.7 Å². The first kappa shape index (κ1) is 18.3. The van der Waals surface area contributed by atoms with Gasteiger partial charge in [-0.15, -0.1) is 0 Å². The number of pyridine rings is 1. The van der Waals surface area contributed by atoms with Crippen LogP contribution in [0.25, 0.3) is 21.1 Å². The zero-order valence-corrected chi connectivity index (χ0v) is 16.5. The van der Waals surface area contributed by atoms with E-state index in [1.54, 1.807) is 17.2 Å². The van der Waals surface area contributed by atoms with Crippen molar-refractivity contribution < 1.29 is 9.23 Å². The quantitative estimate of drug-likeness (QED) is 0.547. The van der Waals surface area contributed by atoms with Gasteiger partial charge in [0.1, 0.15) is 16.0 Å². The third-order valence-corrected chi connectivity index (χ3v) is 6.46. The molecule has 0 spiro atoms. The summed E-state index contributed by atoms with van der Waals surface area (Å²) in [4.78, 5) is 32.5. The molecular formula is C19H20FN5O3S. The van der Waals surface area contributed by atoms with Crippen molar-refractivity contribution in [2.45, 2.75) is 18.9 Å². The Morgan fingerprint density at radius 1 is 1.38 bits per heavy atom. The molecule has 4 N–H and O–H groups in total. The molecule has 3 heterocycles. The van der Waals surface area contributed by atoms with Gasteiger partial charge in [0.25, 0.3) is 5.56 Å². The van der Waals surface area contributed by atoms with Crippen LogP contribution >= 0.6 is 11.5 Å². The fourth-order valence-corrected chi connectivity index (χ4v) is 4.94. The van der Waals surface area contributed by atoms with E-state index < -0.39 is 16.8 Å². The Balaban J connectivity index is 1.74. The number of H-pyrrole nitrogens is 1. The van der Waals surface area contributed by atoms with Gasteiger partial charge in [0, 0.05) is 36.6 Å². The van der Waals surface area contributed by atoms with E-state index in [0.29, 0.717) is 29.1 Å². The van der Waals surface area contributed by atoms with Gasteiger partial charge in [0.15, 0.2) is 0 Å². The summed E-state index contributed by atoms with van der Waals surface area (Å²) in [5, 5.41) is 0.334. The highest BCUT2D eigenvalue weighted by Gasteiger charge is 2.31. The highest BCUT2D eigenvalue weighted by Crippen LogP contribution is 2.41. The number of fused-ring (bicyclic) bond motifs is 2. The normalized spacial score (nSPS) is 19.3. The van der Waals surface area contributed by atoms with Gasteiger partial charge in [-0.05, 0) is 36.5 Å². The number of aromatic nitrogens is 2. The first-order valence-electron chi connectivity index (χ1n) is 9.39. The van der Waals surface area contributed by atoms with Crippen LogP contribution in [0.3, 0.4) is 0 Å². The van der Waals surface area contributed by atoms with Gasteiger partial charge >= 0.3 is 0 Å².